The molecule has 0 saturated heterocycles. The second-order valence-electron chi connectivity index (χ2n) is 6.19. The Hall–Kier alpha value is -3.45. The quantitative estimate of drug-likeness (QED) is 0.382. The van der Waals surface area contributed by atoms with Gasteiger partial charge in [0.2, 0.25) is 0 Å². The van der Waals surface area contributed by atoms with E-state index in [-0.39, 0.29) is 18.3 Å². The number of rotatable bonds is 8. The summed E-state index contributed by atoms with van der Waals surface area (Å²) >= 11 is 3.35. The topological polar surface area (TPSA) is 77.5 Å². The number of pyridine rings is 1. The number of halogens is 1. The molecule has 1 N–H and O–H groups in total. The number of hydrogen-bond donors (Lipinski definition) is 1. The van der Waals surface area contributed by atoms with Crippen LogP contribution in [0, 0.1) is 0 Å². The average Bonchev–Trinajstić information content (AvgIpc) is 2.78. The highest BCUT2D eigenvalue weighted by Crippen LogP contribution is 2.28. The van der Waals surface area contributed by atoms with Gasteiger partial charge in [-0.25, -0.2) is 0 Å². The van der Waals surface area contributed by atoms with Crippen LogP contribution in [0.3, 0.4) is 0 Å². The Bertz CT molecular complexity index is 1050. The fourth-order valence-corrected chi connectivity index (χ4v) is 2.83. The van der Waals surface area contributed by atoms with Gasteiger partial charge in [-0.15, -0.1) is 0 Å². The first-order valence-electron chi connectivity index (χ1n) is 9.04. The van der Waals surface area contributed by atoms with Crippen LogP contribution >= 0.6 is 15.9 Å². The Morgan fingerprint density at radius 2 is 1.77 bits per heavy atom. The van der Waals surface area contributed by atoms with E-state index in [1.165, 1.54) is 13.2 Å². The van der Waals surface area contributed by atoms with E-state index < -0.39 is 0 Å². The summed E-state index contributed by atoms with van der Waals surface area (Å²) in [6.45, 7) is -0.165. The molecule has 1 amide bonds. The molecular weight excluding hydrogens is 448 g/mol. The number of anilines is 1. The van der Waals surface area contributed by atoms with Gasteiger partial charge in [-0.1, -0.05) is 28.1 Å². The van der Waals surface area contributed by atoms with E-state index >= 15 is 0 Å². The third-order valence-electron chi connectivity index (χ3n) is 4.07. The first-order valence-corrected chi connectivity index (χ1v) is 9.83. The van der Waals surface area contributed by atoms with Gasteiger partial charge < -0.3 is 14.8 Å². The lowest BCUT2D eigenvalue weighted by atomic mass is 10.1. The lowest BCUT2D eigenvalue weighted by Gasteiger charge is -2.11. The number of ketones is 1. The molecule has 3 rings (SSSR count). The van der Waals surface area contributed by atoms with Gasteiger partial charge in [0.1, 0.15) is 0 Å². The summed E-state index contributed by atoms with van der Waals surface area (Å²) in [5.41, 5.74) is 2.00. The number of carbonyl (C=O) groups is 2. The van der Waals surface area contributed by atoms with Gasteiger partial charge in [0.15, 0.2) is 23.9 Å². The third-order valence-corrected chi connectivity index (χ3v) is 4.60. The fraction of sp³-hybridized carbons (Fsp3) is 0.0870. The standard InChI is InChI=1S/C23H19BrN2O4/c1-29-22-14-16(2-8-20(27)17-10-12-25-13-11-17)3-9-21(22)30-15-23(28)26-19-6-4-18(24)5-7-19/h2-14H,15H2,1H3,(H,26,28). The minimum absolute atomic E-state index is 0.124. The van der Waals surface area contributed by atoms with Crippen molar-refractivity contribution in [2.45, 2.75) is 0 Å². The summed E-state index contributed by atoms with van der Waals surface area (Å²) in [7, 11) is 1.51. The number of amides is 1. The van der Waals surface area contributed by atoms with Crippen molar-refractivity contribution in [3.05, 3.63) is 88.7 Å². The Morgan fingerprint density at radius 3 is 2.47 bits per heavy atom. The molecule has 0 aliphatic heterocycles. The van der Waals surface area contributed by atoms with E-state index in [4.69, 9.17) is 9.47 Å². The van der Waals surface area contributed by atoms with Crippen LogP contribution in [0.1, 0.15) is 15.9 Å². The van der Waals surface area contributed by atoms with E-state index in [1.54, 1.807) is 60.9 Å². The minimum atomic E-state index is -0.286. The first-order chi connectivity index (χ1) is 14.5. The molecule has 30 heavy (non-hydrogen) atoms. The third kappa shape index (κ3) is 6.02. The van der Waals surface area contributed by atoms with Crippen molar-refractivity contribution in [1.29, 1.82) is 0 Å². The summed E-state index contributed by atoms with van der Waals surface area (Å²) in [5.74, 6) is 0.485. The minimum Gasteiger partial charge on any atom is -0.493 e. The normalized spacial score (nSPS) is 10.6. The van der Waals surface area contributed by atoms with Crippen molar-refractivity contribution in [3.63, 3.8) is 0 Å². The maximum absolute atomic E-state index is 12.2. The number of aromatic nitrogens is 1. The van der Waals surface area contributed by atoms with Gasteiger partial charge in [-0.2, -0.15) is 0 Å². The summed E-state index contributed by atoms with van der Waals surface area (Å²) in [5, 5.41) is 2.76. The smallest absolute Gasteiger partial charge is 0.262 e. The summed E-state index contributed by atoms with van der Waals surface area (Å²) in [6.07, 6.45) is 6.32. The molecule has 3 aromatic rings. The molecule has 152 valence electrons. The number of nitrogens with one attached hydrogen (secondary N) is 1. The molecule has 0 spiro atoms. The number of ether oxygens (including phenoxy) is 2. The fourth-order valence-electron chi connectivity index (χ4n) is 2.57. The van der Waals surface area contributed by atoms with E-state index in [9.17, 15) is 9.59 Å². The molecule has 1 aromatic heterocycles. The maximum Gasteiger partial charge on any atom is 0.262 e. The molecule has 6 nitrogen and oxygen atoms in total. The molecule has 2 aromatic carbocycles. The molecule has 0 aliphatic carbocycles. The van der Waals surface area contributed by atoms with Crippen LogP contribution in [0.4, 0.5) is 5.69 Å². The zero-order valence-corrected chi connectivity index (χ0v) is 17.8. The molecule has 0 atom stereocenters. The molecular formula is C23H19BrN2O4. The summed E-state index contributed by atoms with van der Waals surface area (Å²) in [6, 6.07) is 15.8. The van der Waals surface area contributed by atoms with Gasteiger partial charge in [-0.3, -0.25) is 14.6 Å². The lowest BCUT2D eigenvalue weighted by molar-refractivity contribution is -0.118. The molecule has 1 heterocycles. The van der Waals surface area contributed by atoms with Gasteiger partial charge in [0.05, 0.1) is 7.11 Å². The predicted octanol–water partition coefficient (Wildman–Crippen LogP) is 4.77. The lowest BCUT2D eigenvalue weighted by Crippen LogP contribution is -2.20. The Morgan fingerprint density at radius 1 is 1.03 bits per heavy atom. The number of methoxy groups -OCH3 is 1. The molecule has 0 radical (unpaired) electrons. The van der Waals surface area contributed by atoms with Crippen LogP contribution in [0.2, 0.25) is 0 Å². The van der Waals surface area contributed by atoms with Crippen LogP contribution < -0.4 is 14.8 Å². The largest absolute Gasteiger partial charge is 0.493 e. The van der Waals surface area contributed by atoms with E-state index in [2.05, 4.69) is 26.2 Å². The number of hydrogen-bond acceptors (Lipinski definition) is 5. The molecule has 7 heteroatoms. The van der Waals surface area contributed by atoms with Crippen molar-refractivity contribution < 1.29 is 19.1 Å². The highest BCUT2D eigenvalue weighted by atomic mass is 79.9. The van der Waals surface area contributed by atoms with E-state index in [1.807, 2.05) is 12.1 Å². The summed E-state index contributed by atoms with van der Waals surface area (Å²) in [4.78, 5) is 28.2. The van der Waals surface area contributed by atoms with Gasteiger partial charge in [0, 0.05) is 28.1 Å². The van der Waals surface area contributed by atoms with Gasteiger partial charge in [0.25, 0.3) is 5.91 Å². The van der Waals surface area contributed by atoms with Crippen molar-refractivity contribution >= 4 is 39.4 Å². The van der Waals surface area contributed by atoms with Gasteiger partial charge in [-0.05, 0) is 60.2 Å². The molecule has 0 fully saturated rings. The average molecular weight is 467 g/mol. The van der Waals surface area contributed by atoms with Crippen molar-refractivity contribution in [3.8, 4) is 11.5 Å². The number of allylic oxidation sites excluding steroid dienone is 1. The monoisotopic (exact) mass is 466 g/mol. The molecule has 0 saturated carbocycles. The van der Waals surface area contributed by atoms with Gasteiger partial charge >= 0.3 is 0 Å². The Balaban J connectivity index is 1.61. The van der Waals surface area contributed by atoms with Crippen LogP contribution in [-0.2, 0) is 4.79 Å². The summed E-state index contributed by atoms with van der Waals surface area (Å²) < 4.78 is 11.9. The SMILES string of the molecule is COc1cc(C=CC(=O)c2ccncc2)ccc1OCC(=O)Nc1ccc(Br)cc1. The van der Waals surface area contributed by atoms with E-state index in [0.29, 0.717) is 22.7 Å². The highest BCUT2D eigenvalue weighted by Gasteiger charge is 2.09. The Kier molecular flexibility index (Phi) is 7.34. The molecule has 0 aliphatic rings. The van der Waals surface area contributed by atoms with E-state index in [0.717, 1.165) is 10.0 Å². The van der Waals surface area contributed by atoms with Crippen LogP contribution in [-0.4, -0.2) is 30.4 Å². The Labute approximate surface area is 182 Å². The number of nitrogens with zero attached hydrogens (tertiary/aromatic N) is 1. The number of benzene rings is 2. The number of carbonyl (C=O) groups excluding carboxylic acids is 2. The zero-order valence-electron chi connectivity index (χ0n) is 16.2. The molecule has 0 bridgehead atoms. The second-order valence-corrected chi connectivity index (χ2v) is 7.10. The van der Waals surface area contributed by atoms with Crippen molar-refractivity contribution in [1.82, 2.24) is 4.98 Å². The predicted molar refractivity (Wildman–Crippen MR) is 119 cm³/mol. The molecule has 0 unspecified atom stereocenters. The highest BCUT2D eigenvalue weighted by molar-refractivity contribution is 9.10. The van der Waals surface area contributed by atoms with Crippen molar-refractivity contribution in [2.24, 2.45) is 0 Å². The second kappa shape index (κ2) is 10.4. The first kappa shape index (κ1) is 21.3. The zero-order chi connectivity index (χ0) is 21.3. The van der Waals surface area contributed by atoms with Crippen LogP contribution in [0.5, 0.6) is 11.5 Å². The maximum atomic E-state index is 12.2. The van der Waals surface area contributed by atoms with Crippen LogP contribution in [0.25, 0.3) is 6.08 Å². The van der Waals surface area contributed by atoms with Crippen molar-refractivity contribution in [2.75, 3.05) is 19.0 Å². The van der Waals surface area contributed by atoms with Crippen LogP contribution in [0.15, 0.2) is 77.5 Å².